The zero-order valence-corrected chi connectivity index (χ0v) is 11.4. The minimum Gasteiger partial charge on any atom is -0.395 e. The van der Waals surface area contributed by atoms with Crippen LogP contribution in [0.5, 0.6) is 0 Å². The lowest BCUT2D eigenvalue weighted by Crippen LogP contribution is -2.37. The van der Waals surface area contributed by atoms with E-state index in [-0.39, 0.29) is 18.7 Å². The number of rotatable bonds is 8. The number of nitrogens with zero attached hydrogens (tertiary/aromatic N) is 2. The molecule has 5 nitrogen and oxygen atoms in total. The van der Waals surface area contributed by atoms with E-state index in [4.69, 9.17) is 5.11 Å². The van der Waals surface area contributed by atoms with Crippen LogP contribution in [0.15, 0.2) is 18.3 Å². The summed E-state index contributed by atoms with van der Waals surface area (Å²) < 4.78 is 25.0. The Morgan fingerprint density at radius 2 is 2.30 bits per heavy atom. The summed E-state index contributed by atoms with van der Waals surface area (Å²) in [4.78, 5) is 17.2. The SMILES string of the molecule is CCCNc1ncccc1C(=O)N(CCO)CC(F)F. The van der Waals surface area contributed by atoms with E-state index < -0.39 is 18.9 Å². The number of halogens is 2. The molecule has 0 radical (unpaired) electrons. The molecule has 1 aromatic heterocycles. The van der Waals surface area contributed by atoms with E-state index in [0.29, 0.717) is 12.4 Å². The van der Waals surface area contributed by atoms with Gasteiger partial charge in [0.05, 0.1) is 18.7 Å². The highest BCUT2D eigenvalue weighted by Crippen LogP contribution is 2.15. The van der Waals surface area contributed by atoms with Crippen LogP contribution < -0.4 is 5.32 Å². The first kappa shape index (κ1) is 16.3. The zero-order valence-electron chi connectivity index (χ0n) is 11.4. The van der Waals surface area contributed by atoms with Crippen LogP contribution in [0.2, 0.25) is 0 Å². The second-order valence-electron chi connectivity index (χ2n) is 4.19. The van der Waals surface area contributed by atoms with Gasteiger partial charge in [0.2, 0.25) is 0 Å². The highest BCUT2D eigenvalue weighted by Gasteiger charge is 2.22. The van der Waals surface area contributed by atoms with E-state index in [1.54, 1.807) is 6.07 Å². The van der Waals surface area contributed by atoms with E-state index in [1.807, 2.05) is 6.92 Å². The molecular formula is C13H19F2N3O2. The van der Waals surface area contributed by atoms with Crippen LogP contribution >= 0.6 is 0 Å². The molecule has 0 aliphatic rings. The molecule has 2 N–H and O–H groups in total. The second-order valence-corrected chi connectivity index (χ2v) is 4.19. The van der Waals surface area contributed by atoms with Gasteiger partial charge >= 0.3 is 0 Å². The average Bonchev–Trinajstić information content (AvgIpc) is 2.44. The number of carbonyl (C=O) groups excluding carboxylic acids is 1. The number of aromatic nitrogens is 1. The molecule has 0 spiro atoms. The van der Waals surface area contributed by atoms with Crippen LogP contribution in [-0.2, 0) is 0 Å². The quantitative estimate of drug-likeness (QED) is 0.762. The molecular weight excluding hydrogens is 268 g/mol. The summed E-state index contributed by atoms with van der Waals surface area (Å²) in [6.45, 7) is 1.39. The maximum absolute atomic E-state index is 12.5. The number of nitrogens with one attached hydrogen (secondary N) is 1. The van der Waals surface area contributed by atoms with Gasteiger partial charge in [-0.05, 0) is 18.6 Å². The molecule has 1 rings (SSSR count). The summed E-state index contributed by atoms with van der Waals surface area (Å²) in [5.74, 6) is -0.192. The average molecular weight is 287 g/mol. The minimum absolute atomic E-state index is 0.134. The number of aliphatic hydroxyl groups is 1. The van der Waals surface area contributed by atoms with E-state index in [1.165, 1.54) is 12.3 Å². The van der Waals surface area contributed by atoms with Gasteiger partial charge < -0.3 is 15.3 Å². The van der Waals surface area contributed by atoms with E-state index in [2.05, 4.69) is 10.3 Å². The number of hydrogen-bond acceptors (Lipinski definition) is 4. The molecule has 0 saturated carbocycles. The summed E-state index contributed by atoms with van der Waals surface area (Å²) in [5.41, 5.74) is 0.232. The summed E-state index contributed by atoms with van der Waals surface area (Å²) in [6, 6.07) is 3.10. The first-order valence-electron chi connectivity index (χ1n) is 6.47. The van der Waals surface area contributed by atoms with Gasteiger partial charge in [0.25, 0.3) is 12.3 Å². The third-order valence-corrected chi connectivity index (χ3v) is 2.60. The van der Waals surface area contributed by atoms with Crippen LogP contribution in [-0.4, -0.2) is 53.6 Å². The molecule has 0 fully saturated rings. The summed E-state index contributed by atoms with van der Waals surface area (Å²) in [7, 11) is 0. The maximum atomic E-state index is 12.5. The Morgan fingerprint density at radius 1 is 1.55 bits per heavy atom. The third-order valence-electron chi connectivity index (χ3n) is 2.60. The Hall–Kier alpha value is -1.76. The van der Waals surface area contributed by atoms with Gasteiger partial charge in [-0.2, -0.15) is 0 Å². The Balaban J connectivity index is 2.92. The molecule has 20 heavy (non-hydrogen) atoms. The fourth-order valence-electron chi connectivity index (χ4n) is 1.70. The Morgan fingerprint density at radius 3 is 2.90 bits per heavy atom. The molecule has 112 valence electrons. The van der Waals surface area contributed by atoms with Crippen molar-refractivity contribution in [2.24, 2.45) is 0 Å². The third kappa shape index (κ3) is 4.73. The first-order chi connectivity index (χ1) is 9.60. The van der Waals surface area contributed by atoms with Crippen molar-refractivity contribution < 1.29 is 18.7 Å². The molecule has 0 aromatic carbocycles. The number of anilines is 1. The highest BCUT2D eigenvalue weighted by molar-refractivity contribution is 5.98. The molecule has 7 heteroatoms. The van der Waals surface area contributed by atoms with Gasteiger partial charge in [0.15, 0.2) is 0 Å². The molecule has 1 heterocycles. The minimum atomic E-state index is -2.64. The summed E-state index contributed by atoms with van der Waals surface area (Å²) in [5, 5.41) is 11.9. The number of alkyl halides is 2. The monoisotopic (exact) mass is 287 g/mol. The highest BCUT2D eigenvalue weighted by atomic mass is 19.3. The first-order valence-corrected chi connectivity index (χ1v) is 6.47. The van der Waals surface area contributed by atoms with Crippen LogP contribution in [0.25, 0.3) is 0 Å². The summed E-state index contributed by atoms with van der Waals surface area (Å²) in [6.07, 6.45) is -0.269. The molecule has 1 aromatic rings. The van der Waals surface area contributed by atoms with Crippen molar-refractivity contribution in [3.05, 3.63) is 23.9 Å². The molecule has 0 atom stereocenters. The van der Waals surface area contributed by atoms with Crippen molar-refractivity contribution >= 4 is 11.7 Å². The Labute approximate surface area is 116 Å². The van der Waals surface area contributed by atoms with Gasteiger partial charge in [-0.3, -0.25) is 4.79 Å². The van der Waals surface area contributed by atoms with E-state index in [9.17, 15) is 13.6 Å². The predicted molar refractivity (Wildman–Crippen MR) is 72.0 cm³/mol. The number of carbonyl (C=O) groups is 1. The Kier molecular flexibility index (Phi) is 6.86. The lowest BCUT2D eigenvalue weighted by molar-refractivity contribution is 0.0509. The molecule has 0 aliphatic carbocycles. The number of hydrogen-bond donors (Lipinski definition) is 2. The lowest BCUT2D eigenvalue weighted by Gasteiger charge is -2.22. The predicted octanol–water partition coefficient (Wildman–Crippen LogP) is 1.60. The number of pyridine rings is 1. The molecule has 0 aliphatic heterocycles. The standard InChI is InChI=1S/C13H19F2N3O2/c1-2-5-16-12-10(4-3-6-17-12)13(20)18(7-8-19)9-11(14)15/h3-4,6,11,19H,2,5,7-9H2,1H3,(H,16,17). The van der Waals surface area contributed by atoms with Crippen LogP contribution in [0, 0.1) is 0 Å². The molecule has 0 unspecified atom stereocenters. The fraction of sp³-hybridized carbons (Fsp3) is 0.538. The molecule has 0 bridgehead atoms. The van der Waals surface area contributed by atoms with Crippen LogP contribution in [0.1, 0.15) is 23.7 Å². The number of amides is 1. The van der Waals surface area contributed by atoms with Crippen molar-refractivity contribution in [2.45, 2.75) is 19.8 Å². The van der Waals surface area contributed by atoms with Crippen molar-refractivity contribution in [1.29, 1.82) is 0 Å². The Bertz CT molecular complexity index is 430. The van der Waals surface area contributed by atoms with Gasteiger partial charge in [-0.1, -0.05) is 6.92 Å². The smallest absolute Gasteiger partial charge is 0.257 e. The van der Waals surface area contributed by atoms with Gasteiger partial charge in [-0.15, -0.1) is 0 Å². The molecule has 0 saturated heterocycles. The van der Waals surface area contributed by atoms with Crippen molar-refractivity contribution in [1.82, 2.24) is 9.88 Å². The van der Waals surface area contributed by atoms with Crippen molar-refractivity contribution in [3.8, 4) is 0 Å². The van der Waals surface area contributed by atoms with E-state index in [0.717, 1.165) is 11.3 Å². The number of aliphatic hydroxyl groups excluding tert-OH is 1. The normalized spacial score (nSPS) is 10.7. The van der Waals surface area contributed by atoms with Gasteiger partial charge in [0.1, 0.15) is 5.82 Å². The summed E-state index contributed by atoms with van der Waals surface area (Å²) >= 11 is 0. The van der Waals surface area contributed by atoms with Crippen LogP contribution in [0.4, 0.5) is 14.6 Å². The zero-order chi connectivity index (χ0) is 15.0. The topological polar surface area (TPSA) is 65.5 Å². The van der Waals surface area contributed by atoms with Crippen molar-refractivity contribution in [3.63, 3.8) is 0 Å². The largest absolute Gasteiger partial charge is 0.395 e. The van der Waals surface area contributed by atoms with Gasteiger partial charge in [-0.25, -0.2) is 13.8 Å². The van der Waals surface area contributed by atoms with Crippen molar-refractivity contribution in [2.75, 3.05) is 31.6 Å². The van der Waals surface area contributed by atoms with Gasteiger partial charge in [0, 0.05) is 19.3 Å². The lowest BCUT2D eigenvalue weighted by atomic mass is 10.2. The fourth-order valence-corrected chi connectivity index (χ4v) is 1.70. The van der Waals surface area contributed by atoms with Crippen LogP contribution in [0.3, 0.4) is 0 Å². The van der Waals surface area contributed by atoms with E-state index >= 15 is 0 Å². The maximum Gasteiger partial charge on any atom is 0.257 e. The molecule has 1 amide bonds. The second kappa shape index (κ2) is 8.42.